The van der Waals surface area contributed by atoms with Gasteiger partial charge in [-0.05, 0) is 18.9 Å². The molecule has 130 valence electrons. The molecule has 2 aliphatic rings. The number of benzene rings is 1. The number of Topliss-reactive ketones (excluding diaryl/α,β-unsaturated/α-hetero) is 1. The van der Waals surface area contributed by atoms with Gasteiger partial charge in [0.2, 0.25) is 0 Å². The molecule has 0 unspecified atom stereocenters. The first kappa shape index (κ1) is 16.1. The van der Waals surface area contributed by atoms with E-state index >= 15 is 0 Å². The number of ketones is 1. The van der Waals surface area contributed by atoms with Crippen molar-refractivity contribution in [2.24, 2.45) is 4.99 Å². The number of ether oxygens (including phenoxy) is 1. The molecular weight excluding hydrogens is 326 g/mol. The molecule has 0 radical (unpaired) electrons. The van der Waals surface area contributed by atoms with Crippen molar-refractivity contribution in [3.8, 4) is 0 Å². The SMILES string of the molecule is O=C1CC(C(F)(F)c2ccccc2)=Nc2c1ccn2C1CCOCC1. The van der Waals surface area contributed by atoms with Gasteiger partial charge in [0.15, 0.2) is 5.78 Å². The number of carbonyl (C=O) groups excluding carboxylic acids is 1. The van der Waals surface area contributed by atoms with Gasteiger partial charge in [-0.25, -0.2) is 4.99 Å². The van der Waals surface area contributed by atoms with Crippen LogP contribution in [0.3, 0.4) is 0 Å². The number of halogens is 2. The topological polar surface area (TPSA) is 43.6 Å². The minimum Gasteiger partial charge on any atom is -0.381 e. The number of fused-ring (bicyclic) bond motifs is 1. The van der Waals surface area contributed by atoms with Crippen LogP contribution < -0.4 is 0 Å². The zero-order valence-corrected chi connectivity index (χ0v) is 13.6. The first-order valence-corrected chi connectivity index (χ1v) is 8.40. The van der Waals surface area contributed by atoms with Crippen molar-refractivity contribution in [1.82, 2.24) is 4.57 Å². The van der Waals surface area contributed by atoms with Crippen LogP contribution in [0.4, 0.5) is 14.6 Å². The highest BCUT2D eigenvalue weighted by atomic mass is 19.3. The van der Waals surface area contributed by atoms with Gasteiger partial charge in [-0.15, -0.1) is 0 Å². The van der Waals surface area contributed by atoms with Gasteiger partial charge in [-0.3, -0.25) is 4.79 Å². The molecule has 0 bridgehead atoms. The zero-order chi connectivity index (χ0) is 17.4. The number of hydrogen-bond donors (Lipinski definition) is 0. The fraction of sp³-hybridized carbons (Fsp3) is 0.368. The van der Waals surface area contributed by atoms with E-state index in [0.29, 0.717) is 24.6 Å². The van der Waals surface area contributed by atoms with Gasteiger partial charge in [0.05, 0.1) is 12.0 Å². The van der Waals surface area contributed by atoms with Crippen molar-refractivity contribution in [2.45, 2.75) is 31.2 Å². The molecule has 0 amide bonds. The Labute approximate surface area is 144 Å². The van der Waals surface area contributed by atoms with E-state index in [1.165, 1.54) is 12.1 Å². The summed E-state index contributed by atoms with van der Waals surface area (Å²) in [6, 6.07) is 9.34. The van der Waals surface area contributed by atoms with Crippen LogP contribution in [0.25, 0.3) is 0 Å². The van der Waals surface area contributed by atoms with E-state index in [2.05, 4.69) is 4.99 Å². The molecule has 0 atom stereocenters. The molecule has 4 nitrogen and oxygen atoms in total. The van der Waals surface area contributed by atoms with Crippen LogP contribution in [-0.4, -0.2) is 29.3 Å². The number of rotatable bonds is 3. The second-order valence-electron chi connectivity index (χ2n) is 6.40. The van der Waals surface area contributed by atoms with Crippen molar-refractivity contribution >= 4 is 17.3 Å². The Bertz CT molecular complexity index is 821. The first-order chi connectivity index (χ1) is 12.1. The minimum absolute atomic E-state index is 0.124. The Hall–Kier alpha value is -2.34. The summed E-state index contributed by atoms with van der Waals surface area (Å²) in [7, 11) is 0. The van der Waals surface area contributed by atoms with Crippen LogP contribution in [0, 0.1) is 0 Å². The largest absolute Gasteiger partial charge is 0.381 e. The van der Waals surface area contributed by atoms with Gasteiger partial charge in [-0.1, -0.05) is 30.3 Å². The van der Waals surface area contributed by atoms with E-state index in [1.54, 1.807) is 30.5 Å². The molecule has 2 aliphatic heterocycles. The van der Waals surface area contributed by atoms with Gasteiger partial charge in [-0.2, -0.15) is 8.78 Å². The Morgan fingerprint density at radius 1 is 1.12 bits per heavy atom. The standard InChI is InChI=1S/C19H18F2N2O2/c20-19(21,13-4-2-1-3-5-13)17-12-16(24)15-6-9-23(18(15)22-17)14-7-10-25-11-8-14/h1-6,9,14H,7-8,10-12H2. The molecule has 1 aromatic heterocycles. The van der Waals surface area contributed by atoms with Crippen molar-refractivity contribution in [1.29, 1.82) is 0 Å². The lowest BCUT2D eigenvalue weighted by molar-refractivity contribution is 0.0684. The van der Waals surface area contributed by atoms with Crippen LogP contribution >= 0.6 is 0 Å². The summed E-state index contributed by atoms with van der Waals surface area (Å²) >= 11 is 0. The predicted octanol–water partition coefficient (Wildman–Crippen LogP) is 4.29. The zero-order valence-electron chi connectivity index (χ0n) is 13.6. The maximum Gasteiger partial charge on any atom is 0.311 e. The minimum atomic E-state index is -3.26. The lowest BCUT2D eigenvalue weighted by Crippen LogP contribution is -2.30. The lowest BCUT2D eigenvalue weighted by atomic mass is 9.96. The number of carbonyl (C=O) groups is 1. The van der Waals surface area contributed by atoms with E-state index in [9.17, 15) is 13.6 Å². The number of alkyl halides is 2. The molecular formula is C19H18F2N2O2. The molecule has 2 aromatic rings. The molecule has 1 saturated heterocycles. The summed E-state index contributed by atoms with van der Waals surface area (Å²) in [5.41, 5.74) is -0.100. The molecule has 0 aliphatic carbocycles. The van der Waals surface area contributed by atoms with Crippen LogP contribution in [0.15, 0.2) is 47.6 Å². The third kappa shape index (κ3) is 2.80. The number of nitrogens with zero attached hydrogens (tertiary/aromatic N) is 2. The summed E-state index contributed by atoms with van der Waals surface area (Å²) in [4.78, 5) is 16.7. The molecule has 1 aromatic carbocycles. The highest BCUT2D eigenvalue weighted by molar-refractivity contribution is 6.17. The summed E-state index contributed by atoms with van der Waals surface area (Å²) < 4.78 is 37.0. The number of aromatic nitrogens is 1. The molecule has 1 fully saturated rings. The number of hydrogen-bond acceptors (Lipinski definition) is 3. The Morgan fingerprint density at radius 2 is 1.84 bits per heavy atom. The highest BCUT2D eigenvalue weighted by Gasteiger charge is 2.42. The molecule has 0 N–H and O–H groups in total. The van der Waals surface area contributed by atoms with Crippen LogP contribution in [0.5, 0.6) is 0 Å². The van der Waals surface area contributed by atoms with E-state index in [-0.39, 0.29) is 29.5 Å². The summed E-state index contributed by atoms with van der Waals surface area (Å²) in [5, 5.41) is 0. The quantitative estimate of drug-likeness (QED) is 0.834. The van der Waals surface area contributed by atoms with Crippen molar-refractivity contribution in [2.75, 3.05) is 13.2 Å². The molecule has 4 rings (SSSR count). The van der Waals surface area contributed by atoms with E-state index in [0.717, 1.165) is 12.8 Å². The lowest BCUT2D eigenvalue weighted by Gasteiger charge is -2.27. The third-order valence-electron chi connectivity index (χ3n) is 4.84. The smallest absolute Gasteiger partial charge is 0.311 e. The van der Waals surface area contributed by atoms with Gasteiger partial charge in [0.25, 0.3) is 0 Å². The monoisotopic (exact) mass is 344 g/mol. The average Bonchev–Trinajstić information content (AvgIpc) is 3.08. The Balaban J connectivity index is 1.75. The summed E-state index contributed by atoms with van der Waals surface area (Å²) in [5.74, 6) is -3.21. The van der Waals surface area contributed by atoms with Gasteiger partial charge in [0.1, 0.15) is 11.5 Å². The van der Waals surface area contributed by atoms with Crippen molar-refractivity contribution < 1.29 is 18.3 Å². The first-order valence-electron chi connectivity index (χ1n) is 8.40. The second-order valence-corrected chi connectivity index (χ2v) is 6.40. The van der Waals surface area contributed by atoms with Crippen molar-refractivity contribution in [3.05, 3.63) is 53.7 Å². The average molecular weight is 344 g/mol. The fourth-order valence-corrected chi connectivity index (χ4v) is 3.44. The van der Waals surface area contributed by atoms with E-state index in [4.69, 9.17) is 4.74 Å². The highest BCUT2D eigenvalue weighted by Crippen LogP contribution is 2.39. The van der Waals surface area contributed by atoms with Crippen LogP contribution in [0.2, 0.25) is 0 Å². The van der Waals surface area contributed by atoms with Gasteiger partial charge in [0, 0.05) is 31.0 Å². The maximum atomic E-state index is 14.9. The molecule has 25 heavy (non-hydrogen) atoms. The molecule has 0 spiro atoms. The van der Waals surface area contributed by atoms with Crippen molar-refractivity contribution in [3.63, 3.8) is 0 Å². The predicted molar refractivity (Wildman–Crippen MR) is 89.9 cm³/mol. The second kappa shape index (κ2) is 6.19. The fourth-order valence-electron chi connectivity index (χ4n) is 3.44. The summed E-state index contributed by atoms with van der Waals surface area (Å²) in [6.45, 7) is 1.25. The van der Waals surface area contributed by atoms with Gasteiger partial charge < -0.3 is 9.30 Å². The number of aliphatic imine (C=N–C) groups is 1. The van der Waals surface area contributed by atoms with Crippen LogP contribution in [-0.2, 0) is 10.7 Å². The van der Waals surface area contributed by atoms with Crippen LogP contribution in [0.1, 0.15) is 41.2 Å². The Morgan fingerprint density at radius 3 is 2.56 bits per heavy atom. The van der Waals surface area contributed by atoms with E-state index in [1.807, 2.05) is 4.57 Å². The third-order valence-corrected chi connectivity index (χ3v) is 4.84. The normalized spacial score (nSPS) is 18.8. The Kier molecular flexibility index (Phi) is 4.00. The maximum absolute atomic E-state index is 14.9. The molecule has 6 heteroatoms. The van der Waals surface area contributed by atoms with E-state index < -0.39 is 5.92 Å². The summed E-state index contributed by atoms with van der Waals surface area (Å²) in [6.07, 6.45) is 3.00. The van der Waals surface area contributed by atoms with Gasteiger partial charge >= 0.3 is 5.92 Å². The molecule has 3 heterocycles. The molecule has 0 saturated carbocycles.